The predicted octanol–water partition coefficient (Wildman–Crippen LogP) is 3.96. The number of carbonyl (C=O) groups is 1. The summed E-state index contributed by atoms with van der Waals surface area (Å²) in [6.07, 6.45) is 4.76. The number of Topliss-reactive ketones (excluding diaryl/α,β-unsaturated/α-hetero) is 1. The molecule has 1 aromatic carbocycles. The molecule has 88 valence electrons. The van der Waals surface area contributed by atoms with E-state index < -0.39 is 0 Å². The number of thioether (sulfide) groups is 1. The Bertz CT molecular complexity index is 327. The van der Waals surface area contributed by atoms with Gasteiger partial charge in [0.25, 0.3) is 0 Å². The van der Waals surface area contributed by atoms with E-state index in [1.807, 2.05) is 13.8 Å². The van der Waals surface area contributed by atoms with Crippen LogP contribution in [0.4, 0.5) is 0 Å². The summed E-state index contributed by atoms with van der Waals surface area (Å²) in [5, 5.41) is 0. The van der Waals surface area contributed by atoms with Gasteiger partial charge in [-0.15, -0.1) is 11.8 Å². The summed E-state index contributed by atoms with van der Waals surface area (Å²) in [6, 6.07) is 8.60. The largest absolute Gasteiger partial charge is 0.299 e. The highest BCUT2D eigenvalue weighted by molar-refractivity contribution is 7.98. The predicted molar refractivity (Wildman–Crippen MR) is 71.0 cm³/mol. The van der Waals surface area contributed by atoms with Crippen LogP contribution in [-0.4, -0.2) is 12.0 Å². The van der Waals surface area contributed by atoms with E-state index in [4.69, 9.17) is 0 Å². The van der Waals surface area contributed by atoms with Gasteiger partial charge < -0.3 is 0 Å². The second-order valence-corrected chi connectivity index (χ2v) is 5.20. The van der Waals surface area contributed by atoms with Crippen molar-refractivity contribution in [3.63, 3.8) is 0 Å². The summed E-state index contributed by atoms with van der Waals surface area (Å²) in [7, 11) is 0. The smallest absolute Gasteiger partial charge is 0.135 e. The molecular formula is C14H20OS. The highest BCUT2D eigenvalue weighted by Crippen LogP contribution is 2.16. The number of hydrogen-bond donors (Lipinski definition) is 0. The molecule has 0 aliphatic rings. The first kappa shape index (κ1) is 13.3. The lowest BCUT2D eigenvalue weighted by atomic mass is 10.0. The van der Waals surface area contributed by atoms with Crippen LogP contribution in [0.3, 0.4) is 0 Å². The zero-order chi connectivity index (χ0) is 12.0. The monoisotopic (exact) mass is 236 g/mol. The van der Waals surface area contributed by atoms with E-state index in [1.54, 1.807) is 11.8 Å². The molecule has 1 aromatic rings. The fourth-order valence-electron chi connectivity index (χ4n) is 1.55. The topological polar surface area (TPSA) is 17.1 Å². The molecule has 0 aliphatic carbocycles. The number of aryl methyl sites for hydroxylation is 1. The summed E-state index contributed by atoms with van der Waals surface area (Å²) in [6.45, 7) is 3.94. The van der Waals surface area contributed by atoms with E-state index in [0.717, 1.165) is 12.8 Å². The molecule has 0 N–H and O–H groups in total. The molecule has 1 rings (SSSR count). The molecule has 2 heteroatoms. The lowest BCUT2D eigenvalue weighted by Crippen LogP contribution is -2.06. The molecule has 0 aliphatic heterocycles. The molecule has 0 radical (unpaired) electrons. The van der Waals surface area contributed by atoms with Crippen LogP contribution in [-0.2, 0) is 11.2 Å². The van der Waals surface area contributed by atoms with Crippen molar-refractivity contribution in [2.24, 2.45) is 5.92 Å². The molecule has 0 amide bonds. The highest BCUT2D eigenvalue weighted by atomic mass is 32.2. The average molecular weight is 236 g/mol. The van der Waals surface area contributed by atoms with Crippen molar-refractivity contribution in [2.75, 3.05) is 6.26 Å². The fourth-order valence-corrected chi connectivity index (χ4v) is 1.96. The Hall–Kier alpha value is -0.760. The normalized spacial score (nSPS) is 10.8. The second-order valence-electron chi connectivity index (χ2n) is 4.32. The van der Waals surface area contributed by atoms with Gasteiger partial charge >= 0.3 is 0 Å². The Kier molecular flexibility index (Phi) is 5.61. The van der Waals surface area contributed by atoms with Crippen molar-refractivity contribution < 1.29 is 4.79 Å². The molecule has 0 unspecified atom stereocenters. The number of rotatable bonds is 6. The molecule has 0 heterocycles. The molecule has 0 spiro atoms. The SMILES string of the molecule is CSc1ccc(CCCC(=O)C(C)C)cc1. The fraction of sp³-hybridized carbons (Fsp3) is 0.500. The van der Waals surface area contributed by atoms with E-state index in [2.05, 4.69) is 30.5 Å². The van der Waals surface area contributed by atoms with E-state index >= 15 is 0 Å². The summed E-state index contributed by atoms with van der Waals surface area (Å²) < 4.78 is 0. The van der Waals surface area contributed by atoms with Crippen molar-refractivity contribution in [2.45, 2.75) is 38.0 Å². The highest BCUT2D eigenvalue weighted by Gasteiger charge is 2.06. The number of hydrogen-bond acceptors (Lipinski definition) is 2. The lowest BCUT2D eigenvalue weighted by molar-refractivity contribution is -0.121. The molecule has 0 saturated carbocycles. The Labute approximate surface area is 103 Å². The van der Waals surface area contributed by atoms with Gasteiger partial charge in [0.1, 0.15) is 5.78 Å². The van der Waals surface area contributed by atoms with E-state index in [-0.39, 0.29) is 5.92 Å². The summed E-state index contributed by atoms with van der Waals surface area (Å²) in [4.78, 5) is 12.7. The first-order chi connectivity index (χ1) is 7.63. The van der Waals surface area contributed by atoms with Gasteiger partial charge in [0.05, 0.1) is 0 Å². The van der Waals surface area contributed by atoms with Crippen molar-refractivity contribution in [3.8, 4) is 0 Å². The lowest BCUT2D eigenvalue weighted by Gasteiger charge is -2.04. The first-order valence-corrected chi connectivity index (χ1v) is 7.01. The first-order valence-electron chi connectivity index (χ1n) is 5.79. The zero-order valence-electron chi connectivity index (χ0n) is 10.3. The van der Waals surface area contributed by atoms with Crippen LogP contribution in [0.15, 0.2) is 29.2 Å². The van der Waals surface area contributed by atoms with Crippen LogP contribution < -0.4 is 0 Å². The molecule has 0 aromatic heterocycles. The maximum absolute atomic E-state index is 11.4. The minimum Gasteiger partial charge on any atom is -0.299 e. The Morgan fingerprint density at radius 1 is 1.25 bits per heavy atom. The summed E-state index contributed by atoms with van der Waals surface area (Å²) in [5.74, 6) is 0.555. The Morgan fingerprint density at radius 2 is 1.88 bits per heavy atom. The van der Waals surface area contributed by atoms with Gasteiger partial charge in [-0.3, -0.25) is 4.79 Å². The minimum absolute atomic E-state index is 0.180. The minimum atomic E-state index is 0.180. The molecule has 1 nitrogen and oxygen atoms in total. The van der Waals surface area contributed by atoms with Gasteiger partial charge in [-0.25, -0.2) is 0 Å². The van der Waals surface area contributed by atoms with Crippen LogP contribution in [0, 0.1) is 5.92 Å². The number of ketones is 1. The third kappa shape index (κ3) is 4.40. The third-order valence-electron chi connectivity index (χ3n) is 2.69. The molecule has 0 atom stereocenters. The van der Waals surface area contributed by atoms with Crippen LogP contribution in [0.2, 0.25) is 0 Å². The van der Waals surface area contributed by atoms with Gasteiger partial charge in [0.15, 0.2) is 0 Å². The van der Waals surface area contributed by atoms with Crippen LogP contribution in [0.1, 0.15) is 32.3 Å². The van der Waals surface area contributed by atoms with Crippen LogP contribution in [0.5, 0.6) is 0 Å². The third-order valence-corrected chi connectivity index (χ3v) is 3.44. The van der Waals surface area contributed by atoms with Crippen molar-refractivity contribution in [1.29, 1.82) is 0 Å². The van der Waals surface area contributed by atoms with E-state index in [1.165, 1.54) is 10.5 Å². The van der Waals surface area contributed by atoms with E-state index in [0.29, 0.717) is 12.2 Å². The van der Waals surface area contributed by atoms with E-state index in [9.17, 15) is 4.79 Å². The Morgan fingerprint density at radius 3 is 2.38 bits per heavy atom. The van der Waals surface area contributed by atoms with Crippen LogP contribution >= 0.6 is 11.8 Å². The summed E-state index contributed by atoms with van der Waals surface area (Å²) >= 11 is 1.76. The molecule has 0 fully saturated rings. The standard InChI is InChI=1S/C14H20OS/c1-11(2)14(15)6-4-5-12-7-9-13(16-3)10-8-12/h7-11H,4-6H2,1-3H3. The molecular weight excluding hydrogens is 216 g/mol. The van der Waals surface area contributed by atoms with Crippen molar-refractivity contribution in [3.05, 3.63) is 29.8 Å². The van der Waals surface area contributed by atoms with Crippen molar-refractivity contribution in [1.82, 2.24) is 0 Å². The molecule has 0 saturated heterocycles. The van der Waals surface area contributed by atoms with Gasteiger partial charge in [-0.1, -0.05) is 26.0 Å². The summed E-state index contributed by atoms with van der Waals surface area (Å²) in [5.41, 5.74) is 1.33. The Balaban J connectivity index is 2.34. The van der Waals surface area contributed by atoms with Gasteiger partial charge in [-0.05, 0) is 36.8 Å². The number of carbonyl (C=O) groups excluding carboxylic acids is 1. The maximum atomic E-state index is 11.4. The molecule has 16 heavy (non-hydrogen) atoms. The quantitative estimate of drug-likeness (QED) is 0.695. The maximum Gasteiger partial charge on any atom is 0.135 e. The van der Waals surface area contributed by atoms with Crippen molar-refractivity contribution >= 4 is 17.5 Å². The van der Waals surface area contributed by atoms with Gasteiger partial charge in [-0.2, -0.15) is 0 Å². The zero-order valence-corrected chi connectivity index (χ0v) is 11.1. The van der Waals surface area contributed by atoms with Gasteiger partial charge in [0, 0.05) is 17.2 Å². The average Bonchev–Trinajstić information content (AvgIpc) is 2.29. The van der Waals surface area contributed by atoms with Gasteiger partial charge in [0.2, 0.25) is 0 Å². The molecule has 0 bridgehead atoms. The second kappa shape index (κ2) is 6.74. The van der Waals surface area contributed by atoms with Crippen LogP contribution in [0.25, 0.3) is 0 Å². The number of benzene rings is 1.